The summed E-state index contributed by atoms with van der Waals surface area (Å²) >= 11 is 3.50. The van der Waals surface area contributed by atoms with Crippen molar-refractivity contribution in [1.29, 1.82) is 0 Å². The second-order valence-corrected chi connectivity index (χ2v) is 6.16. The standard InChI is InChI=1S/C14H22BrN7.HI/c1-10-18-19-13(22(10)5)7-17-14(16-2)21(4)9-12-6-11(15)8-20(12)3;/h6,8H,7,9H2,1-5H3,(H,16,17);1H. The highest BCUT2D eigenvalue weighted by molar-refractivity contribution is 14.0. The van der Waals surface area contributed by atoms with Gasteiger partial charge in [0.2, 0.25) is 0 Å². The molecule has 0 spiro atoms. The number of nitrogens with zero attached hydrogens (tertiary/aromatic N) is 6. The topological polar surface area (TPSA) is 63.3 Å². The van der Waals surface area contributed by atoms with Crippen LogP contribution in [0.25, 0.3) is 0 Å². The highest BCUT2D eigenvalue weighted by Crippen LogP contribution is 2.15. The monoisotopic (exact) mass is 495 g/mol. The molecule has 2 aromatic heterocycles. The SMILES string of the molecule is CN=C(NCc1nnc(C)n1C)N(C)Cc1cc(Br)cn1C.I. The molecular weight excluding hydrogens is 473 g/mol. The minimum absolute atomic E-state index is 0. The number of hydrogen-bond donors (Lipinski definition) is 1. The Morgan fingerprint density at radius 2 is 2.09 bits per heavy atom. The Hall–Kier alpha value is -1.10. The summed E-state index contributed by atoms with van der Waals surface area (Å²) in [6.45, 7) is 3.29. The van der Waals surface area contributed by atoms with Gasteiger partial charge < -0.3 is 19.4 Å². The quantitative estimate of drug-likeness (QED) is 0.400. The molecule has 0 radical (unpaired) electrons. The molecule has 2 aromatic rings. The van der Waals surface area contributed by atoms with Gasteiger partial charge in [0.25, 0.3) is 0 Å². The lowest BCUT2D eigenvalue weighted by atomic mass is 10.4. The van der Waals surface area contributed by atoms with Gasteiger partial charge in [0.1, 0.15) is 5.82 Å². The maximum atomic E-state index is 4.33. The molecule has 0 aliphatic rings. The van der Waals surface area contributed by atoms with E-state index in [0.717, 1.165) is 28.6 Å². The predicted octanol–water partition coefficient (Wildman–Crippen LogP) is 2.05. The summed E-state index contributed by atoms with van der Waals surface area (Å²) in [5.74, 6) is 2.60. The van der Waals surface area contributed by atoms with E-state index in [1.807, 2.05) is 38.8 Å². The first kappa shape index (κ1) is 19.9. The minimum Gasteiger partial charge on any atom is -0.352 e. The molecule has 2 rings (SSSR count). The van der Waals surface area contributed by atoms with Crippen LogP contribution in [0.15, 0.2) is 21.7 Å². The third-order valence-corrected chi connectivity index (χ3v) is 4.07. The van der Waals surface area contributed by atoms with Crippen molar-refractivity contribution in [2.24, 2.45) is 19.1 Å². The lowest BCUT2D eigenvalue weighted by Gasteiger charge is -2.22. The van der Waals surface area contributed by atoms with Crippen LogP contribution < -0.4 is 5.32 Å². The Morgan fingerprint density at radius 1 is 1.39 bits per heavy atom. The van der Waals surface area contributed by atoms with E-state index in [-0.39, 0.29) is 24.0 Å². The summed E-state index contributed by atoms with van der Waals surface area (Å²) in [5.41, 5.74) is 1.20. The second kappa shape index (κ2) is 8.67. The zero-order valence-electron chi connectivity index (χ0n) is 14.0. The lowest BCUT2D eigenvalue weighted by Crippen LogP contribution is -2.38. The molecule has 0 saturated carbocycles. The van der Waals surface area contributed by atoms with Crippen LogP contribution >= 0.6 is 39.9 Å². The summed E-state index contributed by atoms with van der Waals surface area (Å²) in [4.78, 5) is 6.40. The molecule has 0 aliphatic heterocycles. The number of rotatable bonds is 4. The van der Waals surface area contributed by atoms with E-state index in [1.165, 1.54) is 5.69 Å². The van der Waals surface area contributed by atoms with Crippen LogP contribution in [0.5, 0.6) is 0 Å². The number of aliphatic imine (C=N–C) groups is 1. The van der Waals surface area contributed by atoms with Crippen molar-refractivity contribution in [3.63, 3.8) is 0 Å². The van der Waals surface area contributed by atoms with E-state index < -0.39 is 0 Å². The molecule has 0 saturated heterocycles. The molecule has 0 aromatic carbocycles. The summed E-state index contributed by atoms with van der Waals surface area (Å²) in [7, 11) is 7.78. The van der Waals surface area contributed by atoms with Crippen molar-refractivity contribution in [3.05, 3.63) is 34.1 Å². The van der Waals surface area contributed by atoms with Crippen LogP contribution in [0, 0.1) is 6.92 Å². The fourth-order valence-electron chi connectivity index (χ4n) is 2.19. The van der Waals surface area contributed by atoms with Crippen molar-refractivity contribution >= 4 is 45.9 Å². The van der Waals surface area contributed by atoms with Gasteiger partial charge in [-0.25, -0.2) is 0 Å². The number of halogens is 2. The van der Waals surface area contributed by atoms with Crippen molar-refractivity contribution in [3.8, 4) is 0 Å². The van der Waals surface area contributed by atoms with E-state index in [9.17, 15) is 0 Å². The molecule has 0 amide bonds. The molecule has 2 heterocycles. The molecule has 9 heteroatoms. The smallest absolute Gasteiger partial charge is 0.194 e. The van der Waals surface area contributed by atoms with Gasteiger partial charge in [-0.3, -0.25) is 4.99 Å². The van der Waals surface area contributed by atoms with E-state index >= 15 is 0 Å². The zero-order valence-corrected chi connectivity index (χ0v) is 18.0. The third kappa shape index (κ3) is 4.93. The lowest BCUT2D eigenvalue weighted by molar-refractivity contribution is 0.460. The average molecular weight is 496 g/mol. The number of hydrogen-bond acceptors (Lipinski definition) is 3. The molecular formula is C14H23BrIN7. The van der Waals surface area contributed by atoms with Crippen LogP contribution in [0.1, 0.15) is 17.3 Å². The van der Waals surface area contributed by atoms with E-state index in [2.05, 4.69) is 52.0 Å². The Morgan fingerprint density at radius 3 is 2.57 bits per heavy atom. The summed E-state index contributed by atoms with van der Waals surface area (Å²) < 4.78 is 5.14. The number of aromatic nitrogens is 4. The normalized spacial score (nSPS) is 11.3. The number of nitrogens with one attached hydrogen (secondary N) is 1. The van der Waals surface area contributed by atoms with E-state index in [0.29, 0.717) is 6.54 Å². The third-order valence-electron chi connectivity index (χ3n) is 3.63. The van der Waals surface area contributed by atoms with Gasteiger partial charge in [0.05, 0.1) is 13.1 Å². The molecule has 0 aliphatic carbocycles. The van der Waals surface area contributed by atoms with Crippen LogP contribution in [-0.4, -0.2) is 44.3 Å². The van der Waals surface area contributed by atoms with E-state index in [4.69, 9.17) is 0 Å². The van der Waals surface area contributed by atoms with Crippen molar-refractivity contribution in [1.82, 2.24) is 29.5 Å². The molecule has 23 heavy (non-hydrogen) atoms. The van der Waals surface area contributed by atoms with Crippen LogP contribution in [0.2, 0.25) is 0 Å². The molecule has 0 bridgehead atoms. The highest BCUT2D eigenvalue weighted by atomic mass is 127. The fraction of sp³-hybridized carbons (Fsp3) is 0.500. The summed E-state index contributed by atoms with van der Waals surface area (Å²) in [5, 5.41) is 11.5. The van der Waals surface area contributed by atoms with Gasteiger partial charge in [-0.15, -0.1) is 34.2 Å². The summed E-state index contributed by atoms with van der Waals surface area (Å²) in [6.07, 6.45) is 2.04. The predicted molar refractivity (Wildman–Crippen MR) is 106 cm³/mol. The fourth-order valence-corrected chi connectivity index (χ4v) is 2.76. The van der Waals surface area contributed by atoms with Crippen molar-refractivity contribution < 1.29 is 0 Å². The second-order valence-electron chi connectivity index (χ2n) is 5.24. The molecule has 1 N–H and O–H groups in total. The van der Waals surface area contributed by atoms with Crippen LogP contribution in [-0.2, 0) is 27.2 Å². The largest absolute Gasteiger partial charge is 0.352 e. The minimum atomic E-state index is 0. The first-order valence-electron chi connectivity index (χ1n) is 6.99. The number of guanidine groups is 1. The molecule has 0 atom stereocenters. The van der Waals surface area contributed by atoms with Gasteiger partial charge in [-0.1, -0.05) is 0 Å². The number of aryl methyl sites for hydroxylation is 2. The zero-order chi connectivity index (χ0) is 16.3. The Bertz CT molecular complexity index is 677. The van der Waals surface area contributed by atoms with Gasteiger partial charge in [-0.05, 0) is 28.9 Å². The Balaban J connectivity index is 0.00000264. The van der Waals surface area contributed by atoms with Gasteiger partial charge in [0, 0.05) is 44.6 Å². The maximum Gasteiger partial charge on any atom is 0.194 e. The van der Waals surface area contributed by atoms with Gasteiger partial charge in [0.15, 0.2) is 11.8 Å². The van der Waals surface area contributed by atoms with Crippen LogP contribution in [0.3, 0.4) is 0 Å². The average Bonchev–Trinajstić information content (AvgIpc) is 2.95. The first-order valence-corrected chi connectivity index (χ1v) is 7.79. The van der Waals surface area contributed by atoms with Crippen molar-refractivity contribution in [2.75, 3.05) is 14.1 Å². The van der Waals surface area contributed by atoms with Crippen molar-refractivity contribution in [2.45, 2.75) is 20.0 Å². The molecule has 0 fully saturated rings. The van der Waals surface area contributed by atoms with Crippen LogP contribution in [0.4, 0.5) is 0 Å². The van der Waals surface area contributed by atoms with Gasteiger partial charge >= 0.3 is 0 Å². The Labute approximate surface area is 162 Å². The first-order chi connectivity index (χ1) is 10.4. The molecule has 7 nitrogen and oxygen atoms in total. The summed E-state index contributed by atoms with van der Waals surface area (Å²) in [6, 6.07) is 2.11. The van der Waals surface area contributed by atoms with E-state index in [1.54, 1.807) is 7.05 Å². The van der Waals surface area contributed by atoms with Gasteiger partial charge in [-0.2, -0.15) is 0 Å². The maximum absolute atomic E-state index is 4.33. The molecule has 128 valence electrons. The molecule has 0 unspecified atom stereocenters. The Kier molecular flexibility index (Phi) is 7.52. The highest BCUT2D eigenvalue weighted by Gasteiger charge is 2.11.